The summed E-state index contributed by atoms with van der Waals surface area (Å²) in [7, 11) is 1.75. The van der Waals surface area contributed by atoms with Crippen LogP contribution in [0.1, 0.15) is 43.4 Å². The van der Waals surface area contributed by atoms with Crippen LogP contribution in [-0.4, -0.2) is 81.8 Å². The highest BCUT2D eigenvalue weighted by Crippen LogP contribution is 2.44. The second-order valence-electron chi connectivity index (χ2n) is 9.74. The number of fused-ring (bicyclic) bond motifs is 3. The van der Waals surface area contributed by atoms with Gasteiger partial charge in [-0.25, -0.2) is 9.48 Å². The molecule has 6 rings (SSSR count). The highest BCUT2D eigenvalue weighted by molar-refractivity contribution is 5.94. The molecule has 0 N–H and O–H groups in total. The summed E-state index contributed by atoms with van der Waals surface area (Å²) in [5.74, 6) is 0.655. The van der Waals surface area contributed by atoms with E-state index in [1.807, 2.05) is 4.68 Å². The fourth-order valence-electron chi connectivity index (χ4n) is 5.83. The minimum Gasteiger partial charge on any atom is -0.456 e. The summed E-state index contributed by atoms with van der Waals surface area (Å²) in [5.41, 5.74) is 4.39. The molecule has 1 atom stereocenters. The van der Waals surface area contributed by atoms with Gasteiger partial charge in [-0.2, -0.15) is 0 Å². The zero-order chi connectivity index (χ0) is 23.4. The third-order valence-electron chi connectivity index (χ3n) is 8.03. The molecule has 5 heterocycles. The summed E-state index contributed by atoms with van der Waals surface area (Å²) in [6.45, 7) is 5.78. The molecule has 4 aliphatic heterocycles. The van der Waals surface area contributed by atoms with Crippen molar-refractivity contribution in [3.05, 3.63) is 40.6 Å². The molecule has 34 heavy (non-hydrogen) atoms. The number of esters is 1. The van der Waals surface area contributed by atoms with Crippen LogP contribution in [0.15, 0.2) is 29.5 Å². The maximum absolute atomic E-state index is 13.4. The summed E-state index contributed by atoms with van der Waals surface area (Å²) in [6.07, 6.45) is 2.43. The number of methoxy groups -OCH3 is 1. The maximum Gasteiger partial charge on any atom is 0.336 e. The van der Waals surface area contributed by atoms with Crippen LogP contribution in [0.5, 0.6) is 0 Å². The predicted molar refractivity (Wildman–Crippen MR) is 120 cm³/mol. The van der Waals surface area contributed by atoms with E-state index in [0.29, 0.717) is 18.7 Å². The van der Waals surface area contributed by atoms with E-state index < -0.39 is 0 Å². The minimum absolute atomic E-state index is 0.0522. The van der Waals surface area contributed by atoms with Gasteiger partial charge in [-0.3, -0.25) is 4.79 Å². The van der Waals surface area contributed by atoms with Crippen molar-refractivity contribution in [2.75, 3.05) is 39.9 Å². The Morgan fingerprint density at radius 2 is 1.97 bits per heavy atom. The van der Waals surface area contributed by atoms with Crippen molar-refractivity contribution in [2.24, 2.45) is 5.41 Å². The maximum atomic E-state index is 13.4. The lowest BCUT2D eigenvalue weighted by Gasteiger charge is -2.39. The van der Waals surface area contributed by atoms with E-state index in [0.717, 1.165) is 61.5 Å². The first kappa shape index (κ1) is 21.4. The molecule has 10 heteroatoms. The van der Waals surface area contributed by atoms with E-state index >= 15 is 0 Å². The van der Waals surface area contributed by atoms with Gasteiger partial charge in [-0.1, -0.05) is 18.2 Å². The Hall–Kier alpha value is -3.11. The minimum atomic E-state index is -0.326. The quantitative estimate of drug-likeness (QED) is 0.524. The van der Waals surface area contributed by atoms with E-state index in [-0.39, 0.29) is 30.0 Å². The first-order valence-electron chi connectivity index (χ1n) is 11.8. The molecule has 0 radical (unpaired) electrons. The van der Waals surface area contributed by atoms with Crippen molar-refractivity contribution in [1.29, 1.82) is 0 Å². The number of hydrogen-bond donors (Lipinski definition) is 0. The van der Waals surface area contributed by atoms with Crippen LogP contribution in [0.4, 0.5) is 0 Å². The number of rotatable bonds is 5. The molecule has 2 aromatic rings. The lowest BCUT2D eigenvalue weighted by molar-refractivity contribution is -0.138. The Kier molecular flexibility index (Phi) is 5.03. The van der Waals surface area contributed by atoms with Crippen molar-refractivity contribution in [3.8, 4) is 11.4 Å². The Morgan fingerprint density at radius 1 is 1.18 bits per heavy atom. The molecule has 2 fully saturated rings. The smallest absolute Gasteiger partial charge is 0.336 e. The fraction of sp³-hybridized carbons (Fsp3) is 0.542. The Balaban J connectivity index is 1.11. The number of piperidine rings is 1. The van der Waals surface area contributed by atoms with Crippen LogP contribution in [0, 0.1) is 5.41 Å². The van der Waals surface area contributed by atoms with E-state index in [1.54, 1.807) is 18.9 Å². The molecular formula is C24H28N6O4. The SMILES string of the molecule is COC(CN1CCC2(CC1)CCN(C1=C(C)C(=O)OC1)C2=O)c1ccc2c(c1)Cn1nnnc1-2. The number of hydrogen-bond acceptors (Lipinski definition) is 8. The molecule has 1 amide bonds. The molecule has 2 saturated heterocycles. The van der Waals surface area contributed by atoms with Crippen LogP contribution in [0.2, 0.25) is 0 Å². The number of benzene rings is 1. The number of carbonyl (C=O) groups is 2. The fourth-order valence-corrected chi connectivity index (χ4v) is 5.83. The number of nitrogens with zero attached hydrogens (tertiary/aromatic N) is 6. The summed E-state index contributed by atoms with van der Waals surface area (Å²) < 4.78 is 12.8. The van der Waals surface area contributed by atoms with Crippen LogP contribution >= 0.6 is 0 Å². The Bertz CT molecular complexity index is 1200. The standard InChI is InChI=1S/C24H28N6O4/c1-15-19(14-34-22(15)31)29-10-7-24(23(29)32)5-8-28(9-6-24)13-20(33-2)16-3-4-18-17(11-16)12-30-21(18)25-26-27-30/h3-4,11,20H,5-10,12-14H2,1-2H3. The van der Waals surface area contributed by atoms with Gasteiger partial charge in [0.15, 0.2) is 5.82 Å². The summed E-state index contributed by atoms with van der Waals surface area (Å²) in [6, 6.07) is 6.36. The van der Waals surface area contributed by atoms with Gasteiger partial charge in [0, 0.05) is 25.8 Å². The van der Waals surface area contributed by atoms with Gasteiger partial charge in [0.25, 0.3) is 0 Å². The molecule has 1 spiro atoms. The monoisotopic (exact) mass is 464 g/mol. The van der Waals surface area contributed by atoms with Crippen molar-refractivity contribution in [2.45, 2.75) is 38.8 Å². The topological polar surface area (TPSA) is 103 Å². The number of likely N-dealkylation sites (tertiary alicyclic amines) is 2. The van der Waals surface area contributed by atoms with Gasteiger partial charge < -0.3 is 19.3 Å². The third kappa shape index (κ3) is 3.27. The van der Waals surface area contributed by atoms with E-state index in [9.17, 15) is 9.59 Å². The lowest BCUT2D eigenvalue weighted by Crippen LogP contribution is -2.45. The number of ether oxygens (including phenoxy) is 2. The average Bonchev–Trinajstić information content (AvgIpc) is 3.59. The van der Waals surface area contributed by atoms with Crippen LogP contribution in [-0.2, 0) is 25.6 Å². The molecular weight excluding hydrogens is 436 g/mol. The molecule has 1 aromatic heterocycles. The molecule has 4 aliphatic rings. The van der Waals surface area contributed by atoms with Gasteiger partial charge in [0.1, 0.15) is 6.61 Å². The van der Waals surface area contributed by atoms with E-state index in [4.69, 9.17) is 9.47 Å². The highest BCUT2D eigenvalue weighted by atomic mass is 16.5. The zero-order valence-electron chi connectivity index (χ0n) is 19.5. The van der Waals surface area contributed by atoms with Gasteiger partial charge in [0.2, 0.25) is 5.91 Å². The van der Waals surface area contributed by atoms with Crippen LogP contribution < -0.4 is 0 Å². The third-order valence-corrected chi connectivity index (χ3v) is 8.03. The highest BCUT2D eigenvalue weighted by Gasteiger charge is 2.50. The Labute approximate surface area is 197 Å². The van der Waals surface area contributed by atoms with E-state index in [1.165, 1.54) is 5.56 Å². The van der Waals surface area contributed by atoms with Gasteiger partial charge in [0.05, 0.1) is 29.3 Å². The van der Waals surface area contributed by atoms with Gasteiger partial charge in [-0.15, -0.1) is 5.10 Å². The van der Waals surface area contributed by atoms with Crippen LogP contribution in [0.25, 0.3) is 11.4 Å². The first-order chi connectivity index (χ1) is 16.5. The summed E-state index contributed by atoms with van der Waals surface area (Å²) in [4.78, 5) is 29.3. The van der Waals surface area contributed by atoms with Gasteiger partial charge >= 0.3 is 5.97 Å². The zero-order valence-corrected chi connectivity index (χ0v) is 19.5. The summed E-state index contributed by atoms with van der Waals surface area (Å²) >= 11 is 0. The lowest BCUT2D eigenvalue weighted by atomic mass is 9.77. The number of amides is 1. The predicted octanol–water partition coefficient (Wildman–Crippen LogP) is 1.53. The number of carbonyl (C=O) groups excluding carboxylic acids is 2. The van der Waals surface area contributed by atoms with Crippen molar-refractivity contribution < 1.29 is 19.1 Å². The molecule has 10 nitrogen and oxygen atoms in total. The van der Waals surface area contributed by atoms with Crippen molar-refractivity contribution in [3.63, 3.8) is 0 Å². The van der Waals surface area contributed by atoms with Crippen LogP contribution in [0.3, 0.4) is 0 Å². The number of cyclic esters (lactones) is 1. The largest absolute Gasteiger partial charge is 0.456 e. The van der Waals surface area contributed by atoms with Gasteiger partial charge in [-0.05, 0) is 60.8 Å². The van der Waals surface area contributed by atoms with E-state index in [2.05, 4.69) is 38.6 Å². The van der Waals surface area contributed by atoms with Crippen molar-refractivity contribution in [1.82, 2.24) is 30.0 Å². The molecule has 178 valence electrons. The molecule has 0 aliphatic carbocycles. The molecule has 0 bridgehead atoms. The second kappa shape index (κ2) is 7.99. The molecule has 1 aromatic carbocycles. The second-order valence-corrected chi connectivity index (χ2v) is 9.74. The normalized spacial score (nSPS) is 22.5. The molecule has 1 unspecified atom stereocenters. The molecule has 0 saturated carbocycles. The average molecular weight is 465 g/mol. The Morgan fingerprint density at radius 3 is 2.71 bits per heavy atom. The summed E-state index contributed by atoms with van der Waals surface area (Å²) in [5, 5.41) is 11.9. The number of tetrazole rings is 1. The number of aromatic nitrogens is 4. The van der Waals surface area contributed by atoms with Crippen molar-refractivity contribution >= 4 is 11.9 Å². The first-order valence-corrected chi connectivity index (χ1v) is 11.8.